The number of carbonyl (C=O) groups is 4. The second-order valence-corrected chi connectivity index (χ2v) is 4.46. The number of nitrogens with one attached hydrogen (secondary N) is 3. The number of rotatable bonds is 8. The zero-order valence-electron chi connectivity index (χ0n) is 12.3. The highest BCUT2D eigenvalue weighted by molar-refractivity contribution is 5.97. The molecule has 3 amide bonds. The van der Waals surface area contributed by atoms with Crippen LogP contribution in [-0.2, 0) is 14.4 Å². The first-order chi connectivity index (χ1) is 10.9. The topological polar surface area (TPSA) is 125 Å². The van der Waals surface area contributed by atoms with E-state index in [4.69, 9.17) is 5.11 Å². The van der Waals surface area contributed by atoms with E-state index in [2.05, 4.69) is 22.5 Å². The highest BCUT2D eigenvalue weighted by atomic mass is 16.4. The van der Waals surface area contributed by atoms with Gasteiger partial charge in [0.05, 0.1) is 13.1 Å². The van der Waals surface area contributed by atoms with Crippen molar-refractivity contribution >= 4 is 29.8 Å². The van der Waals surface area contributed by atoms with Crippen molar-refractivity contribution in [3.8, 4) is 0 Å². The molecule has 0 heterocycles. The molecular weight excluding hydrogens is 302 g/mol. The molecular formula is C15H17N3O5. The van der Waals surface area contributed by atoms with Gasteiger partial charge in [0, 0.05) is 5.56 Å². The first-order valence-corrected chi connectivity index (χ1v) is 6.68. The van der Waals surface area contributed by atoms with Crippen LogP contribution in [0, 0.1) is 0 Å². The van der Waals surface area contributed by atoms with Crippen molar-refractivity contribution in [1.29, 1.82) is 0 Å². The van der Waals surface area contributed by atoms with E-state index >= 15 is 0 Å². The van der Waals surface area contributed by atoms with Crippen molar-refractivity contribution in [2.45, 2.75) is 0 Å². The molecule has 4 N–H and O–H groups in total. The zero-order valence-corrected chi connectivity index (χ0v) is 12.3. The fourth-order valence-electron chi connectivity index (χ4n) is 1.51. The second-order valence-electron chi connectivity index (χ2n) is 4.46. The number of amides is 3. The third kappa shape index (κ3) is 6.89. The lowest BCUT2D eigenvalue weighted by molar-refractivity contribution is -0.137. The van der Waals surface area contributed by atoms with Gasteiger partial charge in [0.15, 0.2) is 0 Å². The number of benzene rings is 1. The average Bonchev–Trinajstić information content (AvgIpc) is 2.55. The van der Waals surface area contributed by atoms with Gasteiger partial charge in [-0.25, -0.2) is 0 Å². The summed E-state index contributed by atoms with van der Waals surface area (Å²) in [6, 6.07) is 6.64. The SMILES string of the molecule is C=Cc1ccc(C(=O)NCC(=O)NCC(=O)NCC(=O)O)cc1. The maximum atomic E-state index is 11.8. The minimum Gasteiger partial charge on any atom is -0.480 e. The molecule has 23 heavy (non-hydrogen) atoms. The van der Waals surface area contributed by atoms with Gasteiger partial charge in [0.1, 0.15) is 6.54 Å². The Bertz CT molecular complexity index is 610. The number of carboxylic acids is 1. The van der Waals surface area contributed by atoms with E-state index < -0.39 is 30.2 Å². The Kier molecular flexibility index (Phi) is 6.99. The molecule has 0 bridgehead atoms. The van der Waals surface area contributed by atoms with Crippen LogP contribution in [0.2, 0.25) is 0 Å². The summed E-state index contributed by atoms with van der Waals surface area (Å²) in [6.07, 6.45) is 1.64. The van der Waals surface area contributed by atoms with E-state index in [9.17, 15) is 19.2 Å². The molecule has 0 atom stereocenters. The third-order valence-corrected chi connectivity index (χ3v) is 2.70. The Hall–Kier alpha value is -3.16. The predicted octanol–water partition coefficient (Wildman–Crippen LogP) is -0.624. The van der Waals surface area contributed by atoms with Crippen molar-refractivity contribution in [2.75, 3.05) is 19.6 Å². The number of hydrogen-bond acceptors (Lipinski definition) is 4. The molecule has 0 unspecified atom stereocenters. The third-order valence-electron chi connectivity index (χ3n) is 2.70. The van der Waals surface area contributed by atoms with E-state index in [0.717, 1.165) is 5.56 Å². The normalized spacial score (nSPS) is 9.57. The van der Waals surface area contributed by atoms with Gasteiger partial charge in [-0.15, -0.1) is 0 Å². The minimum atomic E-state index is -1.18. The highest BCUT2D eigenvalue weighted by Gasteiger charge is 2.09. The van der Waals surface area contributed by atoms with Crippen molar-refractivity contribution in [2.24, 2.45) is 0 Å². The first-order valence-electron chi connectivity index (χ1n) is 6.68. The monoisotopic (exact) mass is 319 g/mol. The number of aliphatic carboxylic acids is 1. The summed E-state index contributed by atoms with van der Waals surface area (Å²) in [5.41, 5.74) is 1.26. The Balaban J connectivity index is 2.31. The Labute approximate surface area is 132 Å². The molecule has 0 aromatic heterocycles. The van der Waals surface area contributed by atoms with Crippen molar-refractivity contribution in [3.05, 3.63) is 42.0 Å². The zero-order chi connectivity index (χ0) is 17.2. The van der Waals surface area contributed by atoms with Crippen LogP contribution in [0.15, 0.2) is 30.8 Å². The van der Waals surface area contributed by atoms with E-state index in [1.807, 2.05) is 0 Å². The summed E-state index contributed by atoms with van der Waals surface area (Å²) in [7, 11) is 0. The smallest absolute Gasteiger partial charge is 0.322 e. The number of carboxylic acid groups (broad SMARTS) is 1. The maximum absolute atomic E-state index is 11.8. The summed E-state index contributed by atoms with van der Waals surface area (Å²) in [4.78, 5) is 44.7. The second kappa shape index (κ2) is 8.98. The Morgan fingerprint density at radius 1 is 0.913 bits per heavy atom. The molecule has 0 aliphatic rings. The van der Waals surface area contributed by atoms with E-state index in [1.165, 1.54) is 0 Å². The Morgan fingerprint density at radius 2 is 1.43 bits per heavy atom. The van der Waals surface area contributed by atoms with Crippen molar-refractivity contribution < 1.29 is 24.3 Å². The minimum absolute atomic E-state index is 0.297. The van der Waals surface area contributed by atoms with Crippen LogP contribution >= 0.6 is 0 Å². The van der Waals surface area contributed by atoms with Gasteiger partial charge in [0.25, 0.3) is 5.91 Å². The molecule has 0 spiro atoms. The Morgan fingerprint density at radius 3 is 1.96 bits per heavy atom. The molecule has 8 nitrogen and oxygen atoms in total. The van der Waals surface area contributed by atoms with Crippen LogP contribution in [0.3, 0.4) is 0 Å². The van der Waals surface area contributed by atoms with Gasteiger partial charge in [-0.1, -0.05) is 24.8 Å². The molecule has 8 heteroatoms. The standard InChI is InChI=1S/C15H17N3O5/c1-2-10-3-5-11(6-4-10)15(23)18-8-13(20)16-7-12(19)17-9-14(21)22/h2-6H,1,7-9H2,(H,16,20)(H,17,19)(H,18,23)(H,21,22). The molecule has 1 aromatic carbocycles. The van der Waals surface area contributed by atoms with Gasteiger partial charge in [-0.2, -0.15) is 0 Å². The summed E-state index contributed by atoms with van der Waals surface area (Å²) in [6.45, 7) is 2.42. The quantitative estimate of drug-likeness (QED) is 0.508. The summed E-state index contributed by atoms with van der Waals surface area (Å²) in [5.74, 6) is -2.80. The van der Waals surface area contributed by atoms with Crippen LogP contribution in [0.5, 0.6) is 0 Å². The van der Waals surface area contributed by atoms with Crippen LogP contribution in [-0.4, -0.2) is 48.4 Å². The summed E-state index contributed by atoms with van der Waals surface area (Å²) in [5, 5.41) is 15.1. The van der Waals surface area contributed by atoms with E-state index in [1.54, 1.807) is 30.3 Å². The van der Waals surface area contributed by atoms with Gasteiger partial charge < -0.3 is 21.1 Å². The molecule has 122 valence electrons. The van der Waals surface area contributed by atoms with Crippen LogP contribution in [0.1, 0.15) is 15.9 Å². The van der Waals surface area contributed by atoms with Crippen molar-refractivity contribution in [1.82, 2.24) is 16.0 Å². The fraction of sp³-hybridized carbons (Fsp3) is 0.200. The molecule has 1 aromatic rings. The molecule has 0 saturated heterocycles. The molecule has 0 radical (unpaired) electrons. The van der Waals surface area contributed by atoms with Gasteiger partial charge in [0.2, 0.25) is 11.8 Å². The maximum Gasteiger partial charge on any atom is 0.322 e. The van der Waals surface area contributed by atoms with Crippen LogP contribution in [0.25, 0.3) is 6.08 Å². The molecule has 1 rings (SSSR count). The van der Waals surface area contributed by atoms with E-state index in [-0.39, 0.29) is 13.1 Å². The lowest BCUT2D eigenvalue weighted by Gasteiger charge is -2.07. The summed E-state index contributed by atoms with van der Waals surface area (Å²) < 4.78 is 0. The molecule has 0 fully saturated rings. The number of hydrogen-bond donors (Lipinski definition) is 4. The van der Waals surface area contributed by atoms with Crippen LogP contribution in [0.4, 0.5) is 0 Å². The van der Waals surface area contributed by atoms with Gasteiger partial charge in [-0.05, 0) is 17.7 Å². The van der Waals surface area contributed by atoms with Crippen molar-refractivity contribution in [3.63, 3.8) is 0 Å². The van der Waals surface area contributed by atoms with Gasteiger partial charge in [-0.3, -0.25) is 19.2 Å². The first kappa shape index (κ1) is 17.9. The average molecular weight is 319 g/mol. The predicted molar refractivity (Wildman–Crippen MR) is 82.5 cm³/mol. The summed E-state index contributed by atoms with van der Waals surface area (Å²) >= 11 is 0. The highest BCUT2D eigenvalue weighted by Crippen LogP contribution is 2.05. The van der Waals surface area contributed by atoms with E-state index in [0.29, 0.717) is 5.56 Å². The fourth-order valence-corrected chi connectivity index (χ4v) is 1.51. The largest absolute Gasteiger partial charge is 0.480 e. The molecule has 0 aliphatic heterocycles. The number of carbonyl (C=O) groups excluding carboxylic acids is 3. The van der Waals surface area contributed by atoms with Gasteiger partial charge >= 0.3 is 5.97 Å². The van der Waals surface area contributed by atoms with Crippen LogP contribution < -0.4 is 16.0 Å². The lowest BCUT2D eigenvalue weighted by Crippen LogP contribution is -2.42. The molecule has 0 saturated carbocycles. The lowest BCUT2D eigenvalue weighted by atomic mass is 10.1. The molecule has 0 aliphatic carbocycles.